The second-order valence-electron chi connectivity index (χ2n) is 6.77. The zero-order valence-electron chi connectivity index (χ0n) is 16.2. The lowest BCUT2D eigenvalue weighted by atomic mass is 10.2. The van der Waals surface area contributed by atoms with Crippen LogP contribution in [-0.2, 0) is 17.1 Å². The number of nitrogens with zero attached hydrogens (tertiary/aromatic N) is 2. The first-order valence-electron chi connectivity index (χ1n) is 8.90. The highest BCUT2D eigenvalue weighted by Gasteiger charge is 2.24. The number of imidazole rings is 1. The van der Waals surface area contributed by atoms with Gasteiger partial charge >= 0.3 is 0 Å². The zero-order chi connectivity index (χ0) is 21.2. The van der Waals surface area contributed by atoms with Crippen molar-refractivity contribution in [3.63, 3.8) is 0 Å². The number of sulfonamides is 1. The Balaban J connectivity index is 1.90. The number of rotatable bonds is 6. The van der Waals surface area contributed by atoms with Gasteiger partial charge in [0.25, 0.3) is 15.9 Å². The van der Waals surface area contributed by atoms with Crippen LogP contribution in [0.5, 0.6) is 0 Å². The van der Waals surface area contributed by atoms with Crippen molar-refractivity contribution in [3.05, 3.63) is 65.4 Å². The van der Waals surface area contributed by atoms with Crippen LogP contribution in [0.25, 0.3) is 11.4 Å². The minimum Gasteiger partial charge on any atom is -0.382 e. The second-order valence-corrected chi connectivity index (χ2v) is 8.83. The smallest absolute Gasteiger partial charge is 0.285 e. The van der Waals surface area contributed by atoms with E-state index in [1.54, 1.807) is 54.1 Å². The third kappa shape index (κ3) is 4.60. The van der Waals surface area contributed by atoms with Crippen molar-refractivity contribution in [2.24, 2.45) is 7.05 Å². The van der Waals surface area contributed by atoms with E-state index in [-0.39, 0.29) is 16.6 Å². The van der Waals surface area contributed by atoms with E-state index in [1.807, 2.05) is 13.8 Å². The van der Waals surface area contributed by atoms with Gasteiger partial charge in [0, 0.05) is 24.8 Å². The fraction of sp³-hybridized carbons (Fsp3) is 0.200. The van der Waals surface area contributed by atoms with E-state index in [0.29, 0.717) is 22.1 Å². The molecule has 0 radical (unpaired) electrons. The van der Waals surface area contributed by atoms with E-state index in [2.05, 4.69) is 15.0 Å². The van der Waals surface area contributed by atoms with E-state index >= 15 is 0 Å². The number of carbonyl (C=O) groups excluding carboxylic acids is 1. The number of nitrogens with one attached hydrogen (secondary N) is 2. The number of aromatic nitrogens is 2. The summed E-state index contributed by atoms with van der Waals surface area (Å²) in [5.74, 6) is -0.363. The van der Waals surface area contributed by atoms with Crippen LogP contribution in [0.1, 0.15) is 24.3 Å². The number of para-hydroxylation sites is 1. The third-order valence-electron chi connectivity index (χ3n) is 4.07. The number of anilines is 1. The summed E-state index contributed by atoms with van der Waals surface area (Å²) in [7, 11) is -2.39. The molecule has 29 heavy (non-hydrogen) atoms. The normalized spacial score (nSPS) is 11.5. The molecule has 1 heterocycles. The highest BCUT2D eigenvalue weighted by molar-refractivity contribution is 7.90. The van der Waals surface area contributed by atoms with Crippen LogP contribution >= 0.6 is 11.6 Å². The summed E-state index contributed by atoms with van der Waals surface area (Å²) in [6.07, 6.45) is 1.46. The van der Waals surface area contributed by atoms with Crippen LogP contribution in [0, 0.1) is 0 Å². The molecule has 7 nitrogen and oxygen atoms in total. The molecule has 1 amide bonds. The van der Waals surface area contributed by atoms with E-state index in [1.165, 1.54) is 12.3 Å². The maximum atomic E-state index is 12.8. The van der Waals surface area contributed by atoms with E-state index < -0.39 is 15.9 Å². The molecule has 0 unspecified atom stereocenters. The van der Waals surface area contributed by atoms with E-state index in [9.17, 15) is 13.2 Å². The number of benzene rings is 2. The summed E-state index contributed by atoms with van der Waals surface area (Å²) < 4.78 is 29.3. The van der Waals surface area contributed by atoms with Crippen LogP contribution < -0.4 is 10.0 Å². The van der Waals surface area contributed by atoms with Gasteiger partial charge in [-0.2, -0.15) is 0 Å². The van der Waals surface area contributed by atoms with Gasteiger partial charge in [-0.25, -0.2) is 18.1 Å². The first-order valence-corrected chi connectivity index (χ1v) is 10.8. The van der Waals surface area contributed by atoms with Crippen molar-refractivity contribution in [3.8, 4) is 11.4 Å². The molecule has 0 saturated heterocycles. The molecule has 1 aromatic heterocycles. The Labute approximate surface area is 174 Å². The van der Waals surface area contributed by atoms with Gasteiger partial charge in [0.15, 0.2) is 0 Å². The van der Waals surface area contributed by atoms with Gasteiger partial charge in [-0.1, -0.05) is 35.9 Å². The molecule has 3 rings (SSSR count). The minimum atomic E-state index is -4.10. The highest BCUT2D eigenvalue weighted by Crippen LogP contribution is 2.27. The van der Waals surface area contributed by atoms with Gasteiger partial charge in [-0.15, -0.1) is 0 Å². The minimum absolute atomic E-state index is 0.00990. The van der Waals surface area contributed by atoms with Gasteiger partial charge in [-0.3, -0.25) is 4.79 Å². The first-order chi connectivity index (χ1) is 13.7. The largest absolute Gasteiger partial charge is 0.382 e. The average molecular weight is 433 g/mol. The summed E-state index contributed by atoms with van der Waals surface area (Å²) in [5, 5.41) is 3.55. The van der Waals surface area contributed by atoms with Gasteiger partial charge in [0.05, 0.1) is 10.7 Å². The van der Waals surface area contributed by atoms with Gasteiger partial charge in [0.1, 0.15) is 16.4 Å². The first kappa shape index (κ1) is 20.9. The molecular formula is C20H21ClN4O3S. The van der Waals surface area contributed by atoms with Crippen LogP contribution in [-0.4, -0.2) is 29.9 Å². The highest BCUT2D eigenvalue weighted by atomic mass is 35.5. The molecule has 0 aliphatic heterocycles. The quantitative estimate of drug-likeness (QED) is 0.619. The number of hydrogen-bond donors (Lipinski definition) is 2. The summed E-state index contributed by atoms with van der Waals surface area (Å²) in [5.41, 5.74) is 1.03. The maximum Gasteiger partial charge on any atom is 0.285 e. The van der Waals surface area contributed by atoms with Gasteiger partial charge < -0.3 is 9.88 Å². The van der Waals surface area contributed by atoms with Crippen molar-refractivity contribution >= 4 is 33.2 Å². The second kappa shape index (κ2) is 8.26. The average Bonchev–Trinajstić information content (AvgIpc) is 3.03. The van der Waals surface area contributed by atoms with Crippen LogP contribution in [0.3, 0.4) is 0 Å². The fourth-order valence-corrected chi connectivity index (χ4v) is 4.18. The molecular weight excluding hydrogens is 412 g/mol. The molecule has 0 aliphatic carbocycles. The lowest BCUT2D eigenvalue weighted by Crippen LogP contribution is -2.31. The molecule has 2 N–H and O–H groups in total. The Morgan fingerprint density at radius 3 is 2.45 bits per heavy atom. The lowest BCUT2D eigenvalue weighted by molar-refractivity contribution is 0.0977. The van der Waals surface area contributed by atoms with Crippen LogP contribution in [0.4, 0.5) is 5.69 Å². The van der Waals surface area contributed by atoms with Crippen molar-refractivity contribution in [2.45, 2.75) is 24.8 Å². The summed E-state index contributed by atoms with van der Waals surface area (Å²) in [4.78, 5) is 16.9. The van der Waals surface area contributed by atoms with Gasteiger partial charge in [0.2, 0.25) is 0 Å². The molecule has 3 aromatic rings. The van der Waals surface area contributed by atoms with Crippen molar-refractivity contribution in [1.82, 2.24) is 14.3 Å². The molecule has 0 atom stereocenters. The third-order valence-corrected chi connectivity index (χ3v) is 5.79. The molecule has 0 saturated carbocycles. The monoisotopic (exact) mass is 432 g/mol. The van der Waals surface area contributed by atoms with E-state index in [0.717, 1.165) is 0 Å². The number of hydrogen-bond acceptors (Lipinski definition) is 5. The van der Waals surface area contributed by atoms with Crippen molar-refractivity contribution < 1.29 is 13.2 Å². The molecule has 0 aliphatic rings. The SMILES string of the molecule is CC(C)Nc1ccccc1S(=O)(=O)NC(=O)c1cn(C)c(-c2ccccc2Cl)n1. The Bertz CT molecular complexity index is 1160. The van der Waals surface area contributed by atoms with E-state index in [4.69, 9.17) is 11.6 Å². The zero-order valence-corrected chi connectivity index (χ0v) is 17.8. The summed E-state index contributed by atoms with van der Waals surface area (Å²) in [6, 6.07) is 13.5. The molecule has 9 heteroatoms. The van der Waals surface area contributed by atoms with Crippen LogP contribution in [0.15, 0.2) is 59.6 Å². The fourth-order valence-electron chi connectivity index (χ4n) is 2.83. The molecule has 0 fully saturated rings. The Morgan fingerprint density at radius 2 is 1.76 bits per heavy atom. The Morgan fingerprint density at radius 1 is 1.10 bits per heavy atom. The summed E-state index contributed by atoms with van der Waals surface area (Å²) >= 11 is 6.21. The molecule has 0 bridgehead atoms. The predicted octanol–water partition coefficient (Wildman–Crippen LogP) is 3.68. The Hall–Kier alpha value is -2.84. The van der Waals surface area contributed by atoms with Crippen molar-refractivity contribution in [1.29, 1.82) is 0 Å². The van der Waals surface area contributed by atoms with Gasteiger partial charge in [-0.05, 0) is 38.1 Å². The number of amides is 1. The molecule has 2 aromatic carbocycles. The Kier molecular flexibility index (Phi) is 5.95. The summed E-state index contributed by atoms with van der Waals surface area (Å²) in [6.45, 7) is 3.79. The number of carbonyl (C=O) groups is 1. The standard InChI is InChI=1S/C20H21ClN4O3S/c1-13(2)22-16-10-6-7-11-18(16)29(27,28)24-20(26)17-12-25(3)19(23-17)14-8-4-5-9-15(14)21/h4-13,22H,1-3H3,(H,24,26). The topological polar surface area (TPSA) is 93.1 Å². The molecule has 0 spiro atoms. The predicted molar refractivity (Wildman–Crippen MR) is 114 cm³/mol. The van der Waals surface area contributed by atoms with Crippen LogP contribution in [0.2, 0.25) is 5.02 Å². The lowest BCUT2D eigenvalue weighted by Gasteiger charge is -2.15. The number of aryl methyl sites for hydroxylation is 1. The van der Waals surface area contributed by atoms with Crippen molar-refractivity contribution in [2.75, 3.05) is 5.32 Å². The maximum absolute atomic E-state index is 12.8. The number of halogens is 1. The molecule has 152 valence electrons.